The molecule has 15 heavy (non-hydrogen) atoms. The smallest absolute Gasteiger partial charge is 0.131 e. The highest BCUT2D eigenvalue weighted by Gasteiger charge is 2.18. The first-order valence-corrected chi connectivity index (χ1v) is 12.6. The SMILES string of the molecule is C=CCCCC[Si](C)(C)C#C[Si](C)(C)C. The highest BCUT2D eigenvalue weighted by Crippen LogP contribution is 2.14. The molecule has 86 valence electrons. The first-order chi connectivity index (χ1) is 6.77. The lowest BCUT2D eigenvalue weighted by molar-refractivity contribution is 0.806. The van der Waals surface area contributed by atoms with Crippen molar-refractivity contribution in [3.05, 3.63) is 12.7 Å². The first kappa shape index (κ1) is 14.7. The second-order valence-electron chi connectivity index (χ2n) is 5.92. The third-order valence-corrected chi connectivity index (χ3v) is 5.77. The van der Waals surface area contributed by atoms with Crippen molar-refractivity contribution in [1.29, 1.82) is 0 Å². The summed E-state index contributed by atoms with van der Waals surface area (Å²) in [5.41, 5.74) is 7.13. The summed E-state index contributed by atoms with van der Waals surface area (Å²) < 4.78 is 0. The monoisotopic (exact) mass is 238 g/mol. The summed E-state index contributed by atoms with van der Waals surface area (Å²) in [6, 6.07) is 1.35. The fourth-order valence-corrected chi connectivity index (χ4v) is 5.39. The van der Waals surface area contributed by atoms with Crippen molar-refractivity contribution in [3.8, 4) is 11.1 Å². The lowest BCUT2D eigenvalue weighted by Gasteiger charge is -2.15. The Morgan fingerprint density at radius 1 is 1.00 bits per heavy atom. The van der Waals surface area contributed by atoms with Crippen molar-refractivity contribution in [2.75, 3.05) is 0 Å². The predicted octanol–water partition coefficient (Wildman–Crippen LogP) is 4.47. The van der Waals surface area contributed by atoms with Gasteiger partial charge in [-0.05, 0) is 12.5 Å². The molecule has 0 unspecified atom stereocenters. The van der Waals surface area contributed by atoms with Crippen LogP contribution in [-0.4, -0.2) is 16.1 Å². The molecule has 0 heterocycles. The molecular weight excluding hydrogens is 212 g/mol. The minimum atomic E-state index is -1.22. The molecule has 0 aromatic carbocycles. The Morgan fingerprint density at radius 2 is 1.60 bits per heavy atom. The molecule has 0 amide bonds. The number of hydrogen-bond donors (Lipinski definition) is 0. The fraction of sp³-hybridized carbons (Fsp3) is 0.692. The molecule has 2 heteroatoms. The minimum absolute atomic E-state index is 1.16. The molecule has 0 aliphatic carbocycles. The number of rotatable bonds is 5. The van der Waals surface area contributed by atoms with Gasteiger partial charge in [-0.2, -0.15) is 0 Å². The summed E-state index contributed by atoms with van der Waals surface area (Å²) in [6.07, 6.45) is 5.79. The maximum atomic E-state index is 3.75. The Kier molecular flexibility index (Phi) is 6.23. The lowest BCUT2D eigenvalue weighted by Crippen LogP contribution is -2.26. The fourth-order valence-electron chi connectivity index (χ4n) is 1.27. The van der Waals surface area contributed by atoms with Crippen LogP contribution in [0.15, 0.2) is 12.7 Å². The van der Waals surface area contributed by atoms with Gasteiger partial charge in [-0.1, -0.05) is 51.7 Å². The van der Waals surface area contributed by atoms with Crippen LogP contribution in [0.5, 0.6) is 0 Å². The molecular formula is C13H26Si2. The summed E-state index contributed by atoms with van der Waals surface area (Å²) in [5.74, 6) is 0. The van der Waals surface area contributed by atoms with Crippen molar-refractivity contribution < 1.29 is 0 Å². The Balaban J connectivity index is 4.05. The van der Waals surface area contributed by atoms with E-state index < -0.39 is 16.1 Å². The molecule has 0 bridgehead atoms. The van der Waals surface area contributed by atoms with Gasteiger partial charge in [0.15, 0.2) is 0 Å². The van der Waals surface area contributed by atoms with Crippen LogP contribution in [0.3, 0.4) is 0 Å². The number of unbranched alkanes of at least 4 members (excludes halogenated alkanes) is 2. The van der Waals surface area contributed by atoms with E-state index in [1.165, 1.54) is 18.9 Å². The average Bonchev–Trinajstić information content (AvgIpc) is 2.09. The average molecular weight is 239 g/mol. The van der Waals surface area contributed by atoms with E-state index >= 15 is 0 Å². The van der Waals surface area contributed by atoms with E-state index in [-0.39, 0.29) is 0 Å². The molecule has 0 N–H and O–H groups in total. The van der Waals surface area contributed by atoms with Gasteiger partial charge in [0.25, 0.3) is 0 Å². The molecule has 0 aromatic rings. The normalized spacial score (nSPS) is 11.8. The van der Waals surface area contributed by atoms with Gasteiger partial charge >= 0.3 is 0 Å². The van der Waals surface area contributed by atoms with Crippen molar-refractivity contribution in [2.45, 2.75) is 58.0 Å². The van der Waals surface area contributed by atoms with E-state index in [1.807, 2.05) is 6.08 Å². The van der Waals surface area contributed by atoms with E-state index in [1.54, 1.807) is 0 Å². The van der Waals surface area contributed by atoms with Gasteiger partial charge in [0.05, 0.1) is 0 Å². The highest BCUT2D eigenvalue weighted by atomic mass is 28.3. The van der Waals surface area contributed by atoms with Crippen LogP contribution in [0.25, 0.3) is 0 Å². The van der Waals surface area contributed by atoms with E-state index in [9.17, 15) is 0 Å². The van der Waals surface area contributed by atoms with E-state index in [0.717, 1.165) is 6.42 Å². The quantitative estimate of drug-likeness (QED) is 0.287. The van der Waals surface area contributed by atoms with Gasteiger partial charge in [0.1, 0.15) is 16.1 Å². The Hall–Kier alpha value is -0.266. The van der Waals surface area contributed by atoms with Crippen molar-refractivity contribution >= 4 is 16.1 Å². The largest absolute Gasteiger partial charge is 0.139 e. The summed E-state index contributed by atoms with van der Waals surface area (Å²) >= 11 is 0. The lowest BCUT2D eigenvalue weighted by atomic mass is 10.2. The van der Waals surface area contributed by atoms with Gasteiger partial charge in [0, 0.05) is 0 Å². The third kappa shape index (κ3) is 10.0. The van der Waals surface area contributed by atoms with Crippen molar-refractivity contribution in [2.24, 2.45) is 0 Å². The van der Waals surface area contributed by atoms with Crippen LogP contribution >= 0.6 is 0 Å². The van der Waals surface area contributed by atoms with Gasteiger partial charge < -0.3 is 0 Å². The molecule has 0 nitrogen and oxygen atoms in total. The van der Waals surface area contributed by atoms with E-state index in [4.69, 9.17) is 0 Å². The molecule has 0 saturated carbocycles. The molecule has 0 spiro atoms. The van der Waals surface area contributed by atoms with Crippen LogP contribution in [0.2, 0.25) is 38.8 Å². The summed E-state index contributed by atoms with van der Waals surface area (Å²) in [6.45, 7) is 15.5. The molecule has 0 aliphatic heterocycles. The molecule has 0 atom stereocenters. The van der Waals surface area contributed by atoms with E-state index in [0.29, 0.717) is 0 Å². The highest BCUT2D eigenvalue weighted by molar-refractivity contribution is 6.89. The van der Waals surface area contributed by atoms with Crippen molar-refractivity contribution in [1.82, 2.24) is 0 Å². The Morgan fingerprint density at radius 3 is 2.07 bits per heavy atom. The Labute approximate surface area is 98.2 Å². The second kappa shape index (κ2) is 6.35. The van der Waals surface area contributed by atoms with Crippen LogP contribution in [-0.2, 0) is 0 Å². The molecule has 0 radical (unpaired) electrons. The summed E-state index contributed by atoms with van der Waals surface area (Å²) in [4.78, 5) is 0. The third-order valence-electron chi connectivity index (χ3n) is 2.24. The van der Waals surface area contributed by atoms with Crippen molar-refractivity contribution in [3.63, 3.8) is 0 Å². The number of hydrogen-bond acceptors (Lipinski definition) is 0. The topological polar surface area (TPSA) is 0 Å². The van der Waals surface area contributed by atoms with Gasteiger partial charge in [-0.25, -0.2) is 0 Å². The van der Waals surface area contributed by atoms with Crippen LogP contribution in [0, 0.1) is 11.1 Å². The zero-order valence-electron chi connectivity index (χ0n) is 11.1. The zero-order valence-corrected chi connectivity index (χ0v) is 13.1. The van der Waals surface area contributed by atoms with Gasteiger partial charge in [-0.15, -0.1) is 17.7 Å². The maximum absolute atomic E-state index is 3.75. The van der Waals surface area contributed by atoms with Crippen LogP contribution in [0.4, 0.5) is 0 Å². The second-order valence-corrected chi connectivity index (χ2v) is 15.2. The molecule has 0 fully saturated rings. The minimum Gasteiger partial charge on any atom is -0.139 e. The zero-order chi connectivity index (χ0) is 11.9. The molecule has 0 aliphatic rings. The Bertz CT molecular complexity index is 248. The van der Waals surface area contributed by atoms with E-state index in [2.05, 4.69) is 50.4 Å². The summed E-state index contributed by atoms with van der Waals surface area (Å²) in [7, 11) is -2.39. The number of allylic oxidation sites excluding steroid dienone is 1. The predicted molar refractivity (Wildman–Crippen MR) is 77.5 cm³/mol. The molecule has 0 saturated heterocycles. The first-order valence-electron chi connectivity index (χ1n) is 5.92. The molecule has 0 rings (SSSR count). The van der Waals surface area contributed by atoms with Gasteiger partial charge in [-0.3, -0.25) is 0 Å². The van der Waals surface area contributed by atoms with Gasteiger partial charge in [0.2, 0.25) is 0 Å². The molecule has 0 aromatic heterocycles. The summed E-state index contributed by atoms with van der Waals surface area (Å²) in [5, 5.41) is 0. The van der Waals surface area contributed by atoms with Crippen LogP contribution < -0.4 is 0 Å². The van der Waals surface area contributed by atoms with Crippen LogP contribution in [0.1, 0.15) is 19.3 Å². The standard InChI is InChI=1S/C13H26Si2/c1-7-8-9-10-11-15(5,6)13-12-14(2,3)4/h7H,1,8-11H2,2-6H3. The maximum Gasteiger partial charge on any atom is 0.131 e.